The van der Waals surface area contributed by atoms with E-state index in [4.69, 9.17) is 4.74 Å². The van der Waals surface area contributed by atoms with Crippen molar-refractivity contribution in [3.8, 4) is 5.75 Å². The molecule has 6 nitrogen and oxygen atoms in total. The molecular formula is C22H33N3O3. The van der Waals surface area contributed by atoms with Gasteiger partial charge in [0.15, 0.2) is 6.61 Å². The molecule has 1 aliphatic heterocycles. The molecule has 1 aliphatic carbocycles. The van der Waals surface area contributed by atoms with E-state index in [1.54, 1.807) is 0 Å². The predicted octanol–water partition coefficient (Wildman–Crippen LogP) is 2.55. The van der Waals surface area contributed by atoms with Gasteiger partial charge < -0.3 is 20.7 Å². The lowest BCUT2D eigenvalue weighted by Crippen LogP contribution is -2.34. The molecule has 28 heavy (non-hydrogen) atoms. The Bertz CT molecular complexity index is 651. The summed E-state index contributed by atoms with van der Waals surface area (Å²) in [7, 11) is 0. The summed E-state index contributed by atoms with van der Waals surface area (Å²) in [4.78, 5) is 24.1. The molecule has 1 saturated carbocycles. The van der Waals surface area contributed by atoms with E-state index in [0.717, 1.165) is 44.3 Å². The number of nitrogens with one attached hydrogen (secondary N) is 3. The lowest BCUT2D eigenvalue weighted by atomic mass is 9.84. The number of benzene rings is 1. The van der Waals surface area contributed by atoms with Crippen LogP contribution in [0, 0.1) is 11.8 Å². The Hall–Kier alpha value is -2.08. The number of hydrogen-bond donors (Lipinski definition) is 3. The summed E-state index contributed by atoms with van der Waals surface area (Å²) in [6, 6.07) is 7.87. The second kappa shape index (κ2) is 9.92. The quantitative estimate of drug-likeness (QED) is 0.608. The van der Waals surface area contributed by atoms with Gasteiger partial charge >= 0.3 is 0 Å². The Labute approximate surface area is 167 Å². The first kappa shape index (κ1) is 20.6. The molecule has 1 aromatic rings. The minimum atomic E-state index is -0.0740. The third kappa shape index (κ3) is 6.51. The summed E-state index contributed by atoms with van der Waals surface area (Å²) in [6.07, 6.45) is 5.03. The number of carbonyl (C=O) groups excluding carboxylic acids is 2. The first-order valence-corrected chi connectivity index (χ1v) is 10.5. The highest BCUT2D eigenvalue weighted by atomic mass is 16.5. The van der Waals surface area contributed by atoms with E-state index in [0.29, 0.717) is 30.0 Å². The fraction of sp³-hybridized carbons (Fsp3) is 0.636. The number of carbonyl (C=O) groups is 2. The van der Waals surface area contributed by atoms with Crippen LogP contribution in [-0.2, 0) is 9.59 Å². The normalized spacial score (nSPS) is 19.5. The van der Waals surface area contributed by atoms with Gasteiger partial charge in [0.2, 0.25) is 5.91 Å². The van der Waals surface area contributed by atoms with Crippen molar-refractivity contribution in [1.82, 2.24) is 16.0 Å². The van der Waals surface area contributed by atoms with Gasteiger partial charge in [-0.2, -0.15) is 0 Å². The molecule has 1 aromatic carbocycles. The van der Waals surface area contributed by atoms with Crippen LogP contribution in [-0.4, -0.2) is 37.6 Å². The molecule has 2 unspecified atom stereocenters. The molecule has 1 saturated heterocycles. The number of hydrogen-bond acceptors (Lipinski definition) is 4. The third-order valence-electron chi connectivity index (χ3n) is 5.77. The van der Waals surface area contributed by atoms with Crippen molar-refractivity contribution in [2.45, 2.75) is 58.0 Å². The predicted molar refractivity (Wildman–Crippen MR) is 109 cm³/mol. The lowest BCUT2D eigenvalue weighted by Gasteiger charge is -2.28. The molecule has 2 amide bonds. The van der Waals surface area contributed by atoms with E-state index in [2.05, 4.69) is 22.9 Å². The number of rotatable bonds is 9. The number of amides is 2. The number of piperidine rings is 1. The van der Waals surface area contributed by atoms with E-state index in [1.807, 2.05) is 31.2 Å². The van der Waals surface area contributed by atoms with Gasteiger partial charge in [0.1, 0.15) is 5.75 Å². The van der Waals surface area contributed by atoms with Crippen molar-refractivity contribution in [3.63, 3.8) is 0 Å². The molecule has 1 heterocycles. The molecule has 3 N–H and O–H groups in total. The summed E-state index contributed by atoms with van der Waals surface area (Å²) in [5.74, 6) is 1.74. The second-order valence-electron chi connectivity index (χ2n) is 8.26. The molecule has 6 heteroatoms. The van der Waals surface area contributed by atoms with Gasteiger partial charge in [-0.25, -0.2) is 0 Å². The summed E-state index contributed by atoms with van der Waals surface area (Å²) >= 11 is 0. The Morgan fingerprint density at radius 2 is 1.75 bits per heavy atom. The van der Waals surface area contributed by atoms with Crippen LogP contribution in [0.25, 0.3) is 0 Å². The Morgan fingerprint density at radius 3 is 2.39 bits per heavy atom. The van der Waals surface area contributed by atoms with E-state index < -0.39 is 0 Å². The smallest absolute Gasteiger partial charge is 0.258 e. The summed E-state index contributed by atoms with van der Waals surface area (Å²) in [5.41, 5.74) is 1.03. The Kier molecular flexibility index (Phi) is 7.31. The summed E-state index contributed by atoms with van der Waals surface area (Å²) in [5, 5.41) is 9.38. The van der Waals surface area contributed by atoms with Gasteiger partial charge in [-0.15, -0.1) is 0 Å². The first-order valence-electron chi connectivity index (χ1n) is 10.5. The maximum Gasteiger partial charge on any atom is 0.258 e. The first-order chi connectivity index (χ1) is 13.5. The largest absolute Gasteiger partial charge is 0.484 e. The molecule has 3 rings (SSSR count). The van der Waals surface area contributed by atoms with Crippen molar-refractivity contribution in [3.05, 3.63) is 29.8 Å². The van der Waals surface area contributed by atoms with E-state index in [9.17, 15) is 9.59 Å². The molecule has 154 valence electrons. The third-order valence-corrected chi connectivity index (χ3v) is 5.77. The van der Waals surface area contributed by atoms with E-state index in [-0.39, 0.29) is 24.5 Å². The van der Waals surface area contributed by atoms with Crippen LogP contribution in [0.5, 0.6) is 5.75 Å². The fourth-order valence-corrected chi connectivity index (χ4v) is 3.75. The van der Waals surface area contributed by atoms with Crippen LogP contribution >= 0.6 is 0 Å². The lowest BCUT2D eigenvalue weighted by molar-refractivity contribution is -0.124. The SMILES string of the molecule is CC(NC(=O)CC(C)C1CCNCC1)c1ccc(OCC(=O)NC2CC2)cc1. The Morgan fingerprint density at radius 1 is 1.07 bits per heavy atom. The van der Waals surface area contributed by atoms with Crippen molar-refractivity contribution >= 4 is 11.8 Å². The molecule has 2 atom stereocenters. The van der Waals surface area contributed by atoms with Crippen LogP contribution in [0.1, 0.15) is 57.6 Å². The molecule has 0 aromatic heterocycles. The topological polar surface area (TPSA) is 79.5 Å². The van der Waals surface area contributed by atoms with Crippen LogP contribution in [0.4, 0.5) is 0 Å². The number of ether oxygens (including phenoxy) is 1. The molecule has 2 aliphatic rings. The highest BCUT2D eigenvalue weighted by molar-refractivity contribution is 5.78. The molecular weight excluding hydrogens is 354 g/mol. The fourth-order valence-electron chi connectivity index (χ4n) is 3.75. The zero-order valence-corrected chi connectivity index (χ0v) is 17.0. The zero-order chi connectivity index (χ0) is 19.9. The van der Waals surface area contributed by atoms with Gasteiger partial charge in [0.05, 0.1) is 6.04 Å². The standard InChI is InChI=1S/C22H33N3O3/c1-15(17-9-11-23-12-10-17)13-21(26)24-16(2)18-3-7-20(8-4-18)28-14-22(27)25-19-5-6-19/h3-4,7-8,15-17,19,23H,5-6,9-14H2,1-2H3,(H,24,26)(H,25,27). The maximum atomic E-state index is 12.4. The summed E-state index contributed by atoms with van der Waals surface area (Å²) < 4.78 is 5.53. The van der Waals surface area contributed by atoms with Crippen molar-refractivity contribution < 1.29 is 14.3 Å². The van der Waals surface area contributed by atoms with E-state index in [1.165, 1.54) is 0 Å². The minimum absolute atomic E-state index is 0.0384. The summed E-state index contributed by atoms with van der Waals surface area (Å²) in [6.45, 7) is 6.34. The maximum absolute atomic E-state index is 12.4. The molecule has 0 bridgehead atoms. The Balaban J connectivity index is 1.41. The zero-order valence-electron chi connectivity index (χ0n) is 17.0. The van der Waals surface area contributed by atoms with Gasteiger partial charge in [0.25, 0.3) is 5.91 Å². The van der Waals surface area contributed by atoms with Crippen molar-refractivity contribution in [2.75, 3.05) is 19.7 Å². The van der Waals surface area contributed by atoms with Gasteiger partial charge in [-0.05, 0) is 75.2 Å². The highest BCUT2D eigenvalue weighted by Gasteiger charge is 2.24. The second-order valence-corrected chi connectivity index (χ2v) is 8.26. The van der Waals surface area contributed by atoms with Crippen LogP contribution in [0.3, 0.4) is 0 Å². The average molecular weight is 388 g/mol. The van der Waals surface area contributed by atoms with Crippen LogP contribution < -0.4 is 20.7 Å². The van der Waals surface area contributed by atoms with Gasteiger partial charge in [-0.1, -0.05) is 19.1 Å². The highest BCUT2D eigenvalue weighted by Crippen LogP contribution is 2.25. The van der Waals surface area contributed by atoms with Crippen LogP contribution in [0.15, 0.2) is 24.3 Å². The van der Waals surface area contributed by atoms with E-state index >= 15 is 0 Å². The molecule has 0 spiro atoms. The molecule has 0 radical (unpaired) electrons. The van der Waals surface area contributed by atoms with Gasteiger partial charge in [-0.3, -0.25) is 9.59 Å². The van der Waals surface area contributed by atoms with Crippen LogP contribution in [0.2, 0.25) is 0 Å². The van der Waals surface area contributed by atoms with Crippen molar-refractivity contribution in [2.24, 2.45) is 11.8 Å². The molecule has 2 fully saturated rings. The van der Waals surface area contributed by atoms with Gasteiger partial charge in [0, 0.05) is 12.5 Å². The monoisotopic (exact) mass is 387 g/mol. The van der Waals surface area contributed by atoms with Crippen molar-refractivity contribution in [1.29, 1.82) is 0 Å². The average Bonchev–Trinajstić information content (AvgIpc) is 3.51. The minimum Gasteiger partial charge on any atom is -0.484 e.